The second kappa shape index (κ2) is 7.00. The van der Waals surface area contributed by atoms with Crippen LogP contribution in [-0.2, 0) is 11.3 Å². The van der Waals surface area contributed by atoms with Crippen LogP contribution in [0.4, 0.5) is 0 Å². The zero-order valence-corrected chi connectivity index (χ0v) is 11.5. The Morgan fingerprint density at radius 3 is 3.16 bits per heavy atom. The molecule has 0 radical (unpaired) electrons. The summed E-state index contributed by atoms with van der Waals surface area (Å²) in [4.78, 5) is 4.56. The van der Waals surface area contributed by atoms with Crippen molar-refractivity contribution in [3.63, 3.8) is 0 Å². The summed E-state index contributed by atoms with van der Waals surface area (Å²) in [5.41, 5.74) is 2.56. The minimum absolute atomic E-state index is 0.658. The molecule has 1 heterocycles. The molecule has 0 saturated carbocycles. The van der Waals surface area contributed by atoms with Crippen molar-refractivity contribution in [1.29, 1.82) is 5.26 Å². The molecule has 0 atom stereocenters. The summed E-state index contributed by atoms with van der Waals surface area (Å²) in [5.74, 6) is 0. The van der Waals surface area contributed by atoms with E-state index in [0.717, 1.165) is 29.4 Å². The zero-order valence-electron chi connectivity index (χ0n) is 10.7. The van der Waals surface area contributed by atoms with Crippen LogP contribution < -0.4 is 5.32 Å². The van der Waals surface area contributed by atoms with Crippen LogP contribution in [-0.4, -0.2) is 25.2 Å². The van der Waals surface area contributed by atoms with Gasteiger partial charge in [-0.25, -0.2) is 4.98 Å². The number of benzene rings is 1. The summed E-state index contributed by atoms with van der Waals surface area (Å²) in [6, 6.07) is 9.64. The number of ether oxygens (including phenoxy) is 1. The second-order valence-corrected chi connectivity index (χ2v) is 4.93. The zero-order chi connectivity index (χ0) is 13.5. The van der Waals surface area contributed by atoms with Crippen molar-refractivity contribution in [2.75, 3.05) is 20.3 Å². The molecule has 19 heavy (non-hydrogen) atoms. The van der Waals surface area contributed by atoms with Gasteiger partial charge in [-0.15, -0.1) is 11.3 Å². The summed E-state index contributed by atoms with van der Waals surface area (Å²) in [6.45, 7) is 2.25. The Kier molecular flexibility index (Phi) is 5.04. The lowest BCUT2D eigenvalue weighted by atomic mass is 10.1. The summed E-state index contributed by atoms with van der Waals surface area (Å²) >= 11 is 1.62. The molecule has 0 aliphatic rings. The Morgan fingerprint density at radius 1 is 1.47 bits per heavy atom. The van der Waals surface area contributed by atoms with E-state index in [1.165, 1.54) is 0 Å². The van der Waals surface area contributed by atoms with Gasteiger partial charge in [0.2, 0.25) is 0 Å². The van der Waals surface area contributed by atoms with Crippen molar-refractivity contribution >= 4 is 11.3 Å². The number of nitriles is 1. The predicted molar refractivity (Wildman–Crippen MR) is 75.8 cm³/mol. The van der Waals surface area contributed by atoms with E-state index in [9.17, 15) is 0 Å². The first-order valence-corrected chi connectivity index (χ1v) is 6.86. The van der Waals surface area contributed by atoms with Gasteiger partial charge < -0.3 is 10.1 Å². The lowest BCUT2D eigenvalue weighted by molar-refractivity contribution is 0.199. The average Bonchev–Trinajstić information content (AvgIpc) is 2.92. The van der Waals surface area contributed by atoms with Crippen molar-refractivity contribution in [1.82, 2.24) is 10.3 Å². The van der Waals surface area contributed by atoms with Crippen molar-refractivity contribution in [2.45, 2.75) is 6.54 Å². The fourth-order valence-electron chi connectivity index (χ4n) is 1.64. The van der Waals surface area contributed by atoms with Crippen LogP contribution in [0.25, 0.3) is 11.3 Å². The summed E-state index contributed by atoms with van der Waals surface area (Å²) < 4.78 is 4.97. The topological polar surface area (TPSA) is 57.9 Å². The highest BCUT2D eigenvalue weighted by Crippen LogP contribution is 2.22. The molecule has 0 saturated heterocycles. The predicted octanol–water partition coefficient (Wildman–Crippen LogP) is 2.42. The largest absolute Gasteiger partial charge is 0.383 e. The molecular weight excluding hydrogens is 258 g/mol. The minimum atomic E-state index is 0.658. The van der Waals surface area contributed by atoms with Gasteiger partial charge in [-0.05, 0) is 12.1 Å². The first kappa shape index (κ1) is 13.7. The summed E-state index contributed by atoms with van der Waals surface area (Å²) in [7, 11) is 1.69. The van der Waals surface area contributed by atoms with Gasteiger partial charge in [0.15, 0.2) is 0 Å². The van der Waals surface area contributed by atoms with Crippen molar-refractivity contribution in [3.8, 4) is 17.3 Å². The SMILES string of the molecule is COCCNCc1nc(-c2cccc(C#N)c2)cs1. The van der Waals surface area contributed by atoms with Crippen molar-refractivity contribution in [2.24, 2.45) is 0 Å². The smallest absolute Gasteiger partial charge is 0.107 e. The molecule has 0 bridgehead atoms. The average molecular weight is 273 g/mol. The second-order valence-electron chi connectivity index (χ2n) is 3.99. The molecule has 2 aromatic rings. The number of aromatic nitrogens is 1. The molecule has 0 amide bonds. The maximum absolute atomic E-state index is 8.89. The number of hydrogen-bond acceptors (Lipinski definition) is 5. The molecule has 0 fully saturated rings. The molecule has 0 unspecified atom stereocenters. The van der Waals surface area contributed by atoms with Gasteiger partial charge in [0.25, 0.3) is 0 Å². The Morgan fingerprint density at radius 2 is 2.37 bits per heavy atom. The van der Waals surface area contributed by atoms with Gasteiger partial charge >= 0.3 is 0 Å². The first-order valence-electron chi connectivity index (χ1n) is 5.98. The third-order valence-corrected chi connectivity index (χ3v) is 3.45. The van der Waals surface area contributed by atoms with Gasteiger partial charge in [-0.1, -0.05) is 12.1 Å². The molecule has 98 valence electrons. The highest BCUT2D eigenvalue weighted by Gasteiger charge is 2.05. The Labute approximate surface area is 116 Å². The molecule has 1 N–H and O–H groups in total. The number of hydrogen-bond donors (Lipinski definition) is 1. The number of methoxy groups -OCH3 is 1. The fourth-order valence-corrected chi connectivity index (χ4v) is 2.42. The van der Waals surface area contributed by atoms with Gasteiger partial charge in [-0.3, -0.25) is 0 Å². The number of nitrogens with one attached hydrogen (secondary N) is 1. The normalized spacial score (nSPS) is 10.3. The van der Waals surface area contributed by atoms with Gasteiger partial charge in [0, 0.05) is 31.1 Å². The fraction of sp³-hybridized carbons (Fsp3) is 0.286. The van der Waals surface area contributed by atoms with Gasteiger partial charge in [0.05, 0.1) is 23.9 Å². The summed E-state index contributed by atoms with van der Waals surface area (Å²) in [6.07, 6.45) is 0. The molecule has 2 rings (SSSR count). The maximum atomic E-state index is 8.89. The molecule has 5 heteroatoms. The molecular formula is C14H15N3OS. The third kappa shape index (κ3) is 3.86. The Hall–Kier alpha value is -1.74. The lowest BCUT2D eigenvalue weighted by Crippen LogP contribution is -2.18. The van der Waals surface area contributed by atoms with Gasteiger partial charge in [0.1, 0.15) is 5.01 Å². The minimum Gasteiger partial charge on any atom is -0.383 e. The Balaban J connectivity index is 2.02. The van der Waals surface area contributed by atoms with E-state index in [4.69, 9.17) is 10.00 Å². The van der Waals surface area contributed by atoms with E-state index in [2.05, 4.69) is 16.4 Å². The van der Waals surface area contributed by atoms with Gasteiger partial charge in [-0.2, -0.15) is 5.26 Å². The summed E-state index contributed by atoms with van der Waals surface area (Å²) in [5, 5.41) is 15.2. The first-order chi connectivity index (χ1) is 9.33. The number of nitrogens with zero attached hydrogens (tertiary/aromatic N) is 2. The van der Waals surface area contributed by atoms with E-state index in [1.807, 2.05) is 23.6 Å². The van der Waals surface area contributed by atoms with Crippen LogP contribution in [0.1, 0.15) is 10.6 Å². The maximum Gasteiger partial charge on any atom is 0.107 e. The van der Waals surface area contributed by atoms with E-state index < -0.39 is 0 Å². The highest BCUT2D eigenvalue weighted by molar-refractivity contribution is 7.09. The lowest BCUT2D eigenvalue weighted by Gasteiger charge is -2.00. The van der Waals surface area contributed by atoms with E-state index in [-0.39, 0.29) is 0 Å². The quantitative estimate of drug-likeness (QED) is 0.821. The van der Waals surface area contributed by atoms with Crippen molar-refractivity contribution in [3.05, 3.63) is 40.2 Å². The third-order valence-electron chi connectivity index (χ3n) is 2.60. The van der Waals surface area contributed by atoms with Crippen LogP contribution in [0.5, 0.6) is 0 Å². The standard InChI is InChI=1S/C14H15N3OS/c1-18-6-5-16-9-14-17-13(10-19-14)12-4-2-3-11(7-12)8-15/h2-4,7,10,16H,5-6,9H2,1H3. The molecule has 1 aromatic heterocycles. The van der Waals surface area contributed by atoms with Crippen LogP contribution in [0.3, 0.4) is 0 Å². The molecule has 0 spiro atoms. The molecule has 0 aliphatic carbocycles. The van der Waals surface area contributed by atoms with E-state index >= 15 is 0 Å². The van der Waals surface area contributed by atoms with Crippen LogP contribution in [0, 0.1) is 11.3 Å². The highest BCUT2D eigenvalue weighted by atomic mass is 32.1. The Bertz CT molecular complexity index is 574. The molecule has 1 aromatic carbocycles. The number of thiazole rings is 1. The molecule has 0 aliphatic heterocycles. The van der Waals surface area contributed by atoms with Crippen LogP contribution >= 0.6 is 11.3 Å². The van der Waals surface area contributed by atoms with Crippen LogP contribution in [0.2, 0.25) is 0 Å². The monoisotopic (exact) mass is 273 g/mol. The van der Waals surface area contributed by atoms with E-state index in [0.29, 0.717) is 12.2 Å². The van der Waals surface area contributed by atoms with Crippen molar-refractivity contribution < 1.29 is 4.74 Å². The number of rotatable bonds is 6. The van der Waals surface area contributed by atoms with E-state index in [1.54, 1.807) is 24.5 Å². The molecule has 4 nitrogen and oxygen atoms in total. The van der Waals surface area contributed by atoms with Crippen LogP contribution in [0.15, 0.2) is 29.6 Å².